The van der Waals surface area contributed by atoms with Crippen LogP contribution in [0.2, 0.25) is 0 Å². The lowest BCUT2D eigenvalue weighted by molar-refractivity contribution is -0.140. The van der Waals surface area contributed by atoms with Crippen molar-refractivity contribution in [2.45, 2.75) is 63.6 Å². The first-order valence-corrected chi connectivity index (χ1v) is 11.2. The molecular weight excluding hydrogens is 494 g/mol. The molecule has 0 spiro atoms. The van der Waals surface area contributed by atoms with E-state index in [1.807, 2.05) is 0 Å². The topological polar surface area (TPSA) is 85.4 Å². The van der Waals surface area contributed by atoms with Crippen LogP contribution in [0.4, 0.5) is 32.2 Å². The van der Waals surface area contributed by atoms with Crippen LogP contribution in [-0.4, -0.2) is 41.1 Å². The van der Waals surface area contributed by atoms with Crippen molar-refractivity contribution in [1.29, 1.82) is 0 Å². The van der Waals surface area contributed by atoms with Crippen molar-refractivity contribution in [2.24, 2.45) is 0 Å². The van der Waals surface area contributed by atoms with Gasteiger partial charge in [-0.1, -0.05) is 12.1 Å². The van der Waals surface area contributed by atoms with Gasteiger partial charge in [0.05, 0.1) is 42.5 Å². The van der Waals surface area contributed by atoms with Crippen LogP contribution in [0.15, 0.2) is 18.2 Å². The number of hydrogen-bond donors (Lipinski definition) is 2. The number of anilines is 1. The predicted molar refractivity (Wildman–Crippen MR) is 115 cm³/mol. The number of hydrogen-bond acceptors (Lipinski definition) is 6. The Hall–Kier alpha value is -2.93. The highest BCUT2D eigenvalue weighted by atomic mass is 19.4. The number of alkyl halides is 5. The van der Waals surface area contributed by atoms with E-state index in [1.165, 1.54) is 19.9 Å². The zero-order valence-corrected chi connectivity index (χ0v) is 19.4. The molecule has 1 atom stereocenters. The highest BCUT2D eigenvalue weighted by Crippen LogP contribution is 2.41. The molecule has 2 aromatic rings. The average molecular weight is 518 g/mol. The third-order valence-electron chi connectivity index (χ3n) is 6.07. The van der Waals surface area contributed by atoms with E-state index in [0.717, 1.165) is 6.07 Å². The van der Waals surface area contributed by atoms with Gasteiger partial charge < -0.3 is 20.1 Å². The van der Waals surface area contributed by atoms with E-state index in [0.29, 0.717) is 6.07 Å². The molecule has 13 heteroatoms. The van der Waals surface area contributed by atoms with Crippen LogP contribution in [0.5, 0.6) is 0 Å². The summed E-state index contributed by atoms with van der Waals surface area (Å²) in [7, 11) is 0. The fourth-order valence-electron chi connectivity index (χ4n) is 4.05. The average Bonchev–Trinajstić information content (AvgIpc) is 3.35. The van der Waals surface area contributed by atoms with Crippen LogP contribution in [-0.2, 0) is 26.9 Å². The maximum atomic E-state index is 14.7. The minimum absolute atomic E-state index is 0.0662. The van der Waals surface area contributed by atoms with E-state index in [2.05, 4.69) is 20.6 Å². The normalized spacial score (nSPS) is 18.4. The summed E-state index contributed by atoms with van der Waals surface area (Å²) in [4.78, 5) is 21.2. The van der Waals surface area contributed by atoms with E-state index in [-0.39, 0.29) is 54.5 Å². The first-order chi connectivity index (χ1) is 16.9. The lowest BCUT2D eigenvalue weighted by Gasteiger charge is -2.23. The molecule has 36 heavy (non-hydrogen) atoms. The number of amides is 1. The Morgan fingerprint density at radius 2 is 1.86 bits per heavy atom. The molecule has 1 aromatic carbocycles. The first kappa shape index (κ1) is 26.1. The molecule has 7 nitrogen and oxygen atoms in total. The fourth-order valence-corrected chi connectivity index (χ4v) is 4.05. The zero-order chi connectivity index (χ0) is 26.3. The van der Waals surface area contributed by atoms with E-state index in [1.54, 1.807) is 0 Å². The predicted octanol–water partition coefficient (Wildman–Crippen LogP) is 4.62. The van der Waals surface area contributed by atoms with Gasteiger partial charge in [-0.05, 0) is 32.8 Å². The van der Waals surface area contributed by atoms with Gasteiger partial charge in [-0.15, -0.1) is 0 Å². The van der Waals surface area contributed by atoms with Gasteiger partial charge in [-0.2, -0.15) is 13.2 Å². The van der Waals surface area contributed by atoms with Crippen molar-refractivity contribution in [3.05, 3.63) is 52.2 Å². The molecule has 196 valence electrons. The van der Waals surface area contributed by atoms with Gasteiger partial charge in [-0.3, -0.25) is 4.79 Å². The number of ether oxygens (including phenoxy) is 2. The molecule has 1 saturated carbocycles. The second-order valence-corrected chi connectivity index (χ2v) is 8.81. The maximum absolute atomic E-state index is 14.7. The monoisotopic (exact) mass is 518 g/mol. The Bertz CT molecular complexity index is 1130. The molecule has 2 heterocycles. The highest BCUT2D eigenvalue weighted by molar-refractivity contribution is 5.80. The summed E-state index contributed by atoms with van der Waals surface area (Å²) in [5.74, 6) is -1.86. The third-order valence-corrected chi connectivity index (χ3v) is 6.07. The second kappa shape index (κ2) is 9.85. The van der Waals surface area contributed by atoms with E-state index in [4.69, 9.17) is 9.47 Å². The Morgan fingerprint density at radius 3 is 2.44 bits per heavy atom. The molecule has 2 N–H and O–H groups in total. The summed E-state index contributed by atoms with van der Waals surface area (Å²) in [5, 5.41) is 5.25. The Balaban J connectivity index is 1.66. The SMILES string of the molecule is Cc1nc(CC(=O)NC2(C(F)F)CC2)c(C2OCCO2)c(N[C@H](C)c2cccc(C(F)(F)F)c2F)n1. The van der Waals surface area contributed by atoms with Crippen LogP contribution in [0.3, 0.4) is 0 Å². The smallest absolute Gasteiger partial charge is 0.363 e. The van der Waals surface area contributed by atoms with Crippen LogP contribution in [0, 0.1) is 12.7 Å². The summed E-state index contributed by atoms with van der Waals surface area (Å²) in [6.45, 7) is 3.40. The van der Waals surface area contributed by atoms with Crippen LogP contribution >= 0.6 is 0 Å². The van der Waals surface area contributed by atoms with E-state index in [9.17, 15) is 31.1 Å². The first-order valence-electron chi connectivity index (χ1n) is 11.2. The van der Waals surface area contributed by atoms with Gasteiger partial charge in [0, 0.05) is 5.56 Å². The van der Waals surface area contributed by atoms with Gasteiger partial charge in [0.1, 0.15) is 23.0 Å². The largest absolute Gasteiger partial charge is 0.419 e. The molecule has 1 saturated heterocycles. The Morgan fingerprint density at radius 1 is 1.19 bits per heavy atom. The van der Waals surface area contributed by atoms with Gasteiger partial charge in [0.2, 0.25) is 5.91 Å². The van der Waals surface area contributed by atoms with Gasteiger partial charge in [-0.25, -0.2) is 23.1 Å². The van der Waals surface area contributed by atoms with Crippen molar-refractivity contribution in [3.63, 3.8) is 0 Å². The molecule has 1 aromatic heterocycles. The summed E-state index contributed by atoms with van der Waals surface area (Å²) >= 11 is 0. The van der Waals surface area contributed by atoms with Gasteiger partial charge in [0.25, 0.3) is 6.43 Å². The van der Waals surface area contributed by atoms with E-state index < -0.39 is 54.2 Å². The molecule has 2 aliphatic rings. The van der Waals surface area contributed by atoms with Crippen molar-refractivity contribution < 1.29 is 40.6 Å². The summed E-state index contributed by atoms with van der Waals surface area (Å²) < 4.78 is 91.9. The van der Waals surface area contributed by atoms with Crippen molar-refractivity contribution in [2.75, 3.05) is 18.5 Å². The van der Waals surface area contributed by atoms with Crippen molar-refractivity contribution in [1.82, 2.24) is 15.3 Å². The lowest BCUT2D eigenvalue weighted by atomic mass is 10.0. The van der Waals surface area contributed by atoms with Crippen LogP contribution < -0.4 is 10.6 Å². The number of halogens is 6. The quantitative estimate of drug-likeness (QED) is 0.497. The summed E-state index contributed by atoms with van der Waals surface area (Å²) in [6, 6.07) is 1.97. The summed E-state index contributed by atoms with van der Waals surface area (Å²) in [5.41, 5.74) is -2.88. The Labute approximate surface area is 202 Å². The molecule has 0 radical (unpaired) electrons. The molecule has 4 rings (SSSR count). The number of aryl methyl sites for hydroxylation is 1. The standard InChI is InChI=1S/C23H24F6N4O3/c1-11(13-4-3-5-14(18(13)24)23(27,28)29)30-19-17(20-35-8-9-36-20)15(31-12(2)32-19)10-16(34)33-22(6-7-22)21(25)26/h3-5,11,20-21H,6-10H2,1-2H3,(H,33,34)(H,30,31,32)/t11-/m1/s1. The molecule has 2 fully saturated rings. The van der Waals surface area contributed by atoms with Gasteiger partial charge >= 0.3 is 6.18 Å². The number of aromatic nitrogens is 2. The van der Waals surface area contributed by atoms with Crippen molar-refractivity contribution in [3.8, 4) is 0 Å². The molecule has 0 unspecified atom stereocenters. The van der Waals surface area contributed by atoms with Gasteiger partial charge in [0.15, 0.2) is 6.29 Å². The molecule has 0 bridgehead atoms. The molecule has 1 aliphatic carbocycles. The third kappa shape index (κ3) is 5.41. The number of carbonyl (C=O) groups excluding carboxylic acids is 1. The maximum Gasteiger partial charge on any atom is 0.419 e. The van der Waals surface area contributed by atoms with Crippen molar-refractivity contribution >= 4 is 11.7 Å². The van der Waals surface area contributed by atoms with Crippen LogP contribution in [0.25, 0.3) is 0 Å². The van der Waals surface area contributed by atoms with Crippen LogP contribution in [0.1, 0.15) is 60.3 Å². The summed E-state index contributed by atoms with van der Waals surface area (Å²) in [6.07, 6.45) is -8.67. The number of benzene rings is 1. The fraction of sp³-hybridized carbons (Fsp3) is 0.522. The highest BCUT2D eigenvalue weighted by Gasteiger charge is 2.52. The van der Waals surface area contributed by atoms with E-state index >= 15 is 0 Å². The minimum Gasteiger partial charge on any atom is -0.363 e. The second-order valence-electron chi connectivity index (χ2n) is 8.81. The number of rotatable bonds is 8. The lowest BCUT2D eigenvalue weighted by Crippen LogP contribution is -2.43. The number of carbonyl (C=O) groups is 1. The minimum atomic E-state index is -4.88. The Kier molecular flexibility index (Phi) is 7.15. The molecular formula is C23H24F6N4O3. The molecule has 1 amide bonds. The number of nitrogens with zero attached hydrogens (tertiary/aromatic N) is 2. The zero-order valence-electron chi connectivity index (χ0n) is 19.4. The number of nitrogens with one attached hydrogen (secondary N) is 2. The molecule has 1 aliphatic heterocycles.